The van der Waals surface area contributed by atoms with Crippen molar-refractivity contribution < 1.29 is 9.90 Å². The lowest BCUT2D eigenvalue weighted by molar-refractivity contribution is 0.0791. The molecule has 1 aliphatic rings. The molecule has 0 aliphatic carbocycles. The number of nitrogens with zero attached hydrogens (tertiary/aromatic N) is 1. The smallest absolute Gasteiger partial charge is 0.253 e. The van der Waals surface area contributed by atoms with Gasteiger partial charge in [0.2, 0.25) is 0 Å². The van der Waals surface area contributed by atoms with E-state index in [0.29, 0.717) is 17.7 Å². The van der Waals surface area contributed by atoms with E-state index in [1.807, 2.05) is 0 Å². The van der Waals surface area contributed by atoms with E-state index in [4.69, 9.17) is 5.73 Å². The molecule has 0 aromatic heterocycles. The number of amides is 1. The molecule has 0 spiro atoms. The van der Waals surface area contributed by atoms with E-state index in [2.05, 4.69) is 0 Å². The third kappa shape index (κ3) is 2.02. The number of hydrogen-bond acceptors (Lipinski definition) is 3. The number of benzene rings is 1. The van der Waals surface area contributed by atoms with E-state index >= 15 is 0 Å². The summed E-state index contributed by atoms with van der Waals surface area (Å²) in [6.45, 7) is 3.13. The Morgan fingerprint density at radius 3 is 2.88 bits per heavy atom. The van der Waals surface area contributed by atoms with Crippen LogP contribution < -0.4 is 5.73 Å². The number of phenolic OH excluding ortho intramolecular Hbond substituents is 1. The highest BCUT2D eigenvalue weighted by molar-refractivity contribution is 5.94. The van der Waals surface area contributed by atoms with Crippen molar-refractivity contribution >= 4 is 5.91 Å². The van der Waals surface area contributed by atoms with Crippen LogP contribution in [0.15, 0.2) is 18.2 Å². The minimum Gasteiger partial charge on any atom is -0.508 e. The average molecular weight is 220 g/mol. The molecular weight excluding hydrogens is 204 g/mol. The summed E-state index contributed by atoms with van der Waals surface area (Å²) in [5.74, 6) is 0.214. The number of carbonyl (C=O) groups is 1. The Hall–Kier alpha value is -1.55. The predicted molar refractivity (Wildman–Crippen MR) is 61.3 cm³/mol. The Labute approximate surface area is 94.7 Å². The number of aryl methyl sites for hydroxylation is 1. The number of aromatic hydroxyl groups is 1. The summed E-state index contributed by atoms with van der Waals surface area (Å²) in [4.78, 5) is 13.8. The molecule has 1 heterocycles. The maximum atomic E-state index is 12.0. The van der Waals surface area contributed by atoms with Crippen LogP contribution in [0.25, 0.3) is 0 Å². The Bertz CT molecular complexity index is 417. The summed E-state index contributed by atoms with van der Waals surface area (Å²) in [7, 11) is 0. The Morgan fingerprint density at radius 1 is 1.56 bits per heavy atom. The molecule has 1 amide bonds. The van der Waals surface area contributed by atoms with Crippen molar-refractivity contribution in [2.75, 3.05) is 13.1 Å². The summed E-state index contributed by atoms with van der Waals surface area (Å²) in [6, 6.07) is 5.01. The van der Waals surface area contributed by atoms with Gasteiger partial charge in [0.05, 0.1) is 0 Å². The van der Waals surface area contributed by atoms with Crippen molar-refractivity contribution in [1.29, 1.82) is 0 Å². The van der Waals surface area contributed by atoms with Gasteiger partial charge in [0, 0.05) is 24.7 Å². The summed E-state index contributed by atoms with van der Waals surface area (Å²) in [5.41, 5.74) is 7.09. The van der Waals surface area contributed by atoms with E-state index in [-0.39, 0.29) is 17.7 Å². The summed E-state index contributed by atoms with van der Waals surface area (Å²) in [5, 5.41) is 9.39. The average Bonchev–Trinajstić information content (AvgIpc) is 2.68. The third-order valence-corrected chi connectivity index (χ3v) is 2.96. The molecule has 1 atom stereocenters. The quantitative estimate of drug-likeness (QED) is 0.738. The first kappa shape index (κ1) is 11.0. The van der Waals surface area contributed by atoms with Crippen LogP contribution >= 0.6 is 0 Å². The van der Waals surface area contributed by atoms with Crippen LogP contribution in [0.3, 0.4) is 0 Å². The first-order valence-corrected chi connectivity index (χ1v) is 5.42. The zero-order chi connectivity index (χ0) is 11.7. The van der Waals surface area contributed by atoms with Gasteiger partial charge in [-0.2, -0.15) is 0 Å². The lowest BCUT2D eigenvalue weighted by atomic mass is 10.1. The number of carbonyl (C=O) groups excluding carboxylic acids is 1. The molecule has 0 bridgehead atoms. The van der Waals surface area contributed by atoms with Crippen LogP contribution in [0.5, 0.6) is 5.75 Å². The molecule has 4 heteroatoms. The summed E-state index contributed by atoms with van der Waals surface area (Å²) >= 11 is 0. The highest BCUT2D eigenvalue weighted by Crippen LogP contribution is 2.19. The molecule has 1 aromatic carbocycles. The molecular formula is C12H16N2O2. The summed E-state index contributed by atoms with van der Waals surface area (Å²) < 4.78 is 0. The first-order chi connectivity index (χ1) is 7.58. The van der Waals surface area contributed by atoms with Gasteiger partial charge in [-0.3, -0.25) is 4.79 Å². The standard InChI is InChI=1S/C12H16N2O2/c1-8-6-9(2-3-11(8)15)12(16)14-5-4-10(13)7-14/h2-3,6,10,15H,4-5,7,13H2,1H3/t10-/m0/s1. The number of likely N-dealkylation sites (tertiary alicyclic amines) is 1. The second kappa shape index (κ2) is 4.14. The second-order valence-electron chi connectivity index (χ2n) is 4.30. The largest absolute Gasteiger partial charge is 0.508 e. The molecule has 3 N–H and O–H groups in total. The molecule has 16 heavy (non-hydrogen) atoms. The molecule has 86 valence electrons. The van der Waals surface area contributed by atoms with E-state index < -0.39 is 0 Å². The number of nitrogens with two attached hydrogens (primary N) is 1. The fourth-order valence-corrected chi connectivity index (χ4v) is 1.94. The topological polar surface area (TPSA) is 66.6 Å². The first-order valence-electron chi connectivity index (χ1n) is 5.42. The van der Waals surface area contributed by atoms with Crippen molar-refractivity contribution in [3.05, 3.63) is 29.3 Å². The second-order valence-corrected chi connectivity index (χ2v) is 4.30. The lowest BCUT2D eigenvalue weighted by Crippen LogP contribution is -2.31. The van der Waals surface area contributed by atoms with Crippen LogP contribution in [0.1, 0.15) is 22.3 Å². The van der Waals surface area contributed by atoms with E-state index in [9.17, 15) is 9.90 Å². The van der Waals surface area contributed by atoms with Gasteiger partial charge in [-0.1, -0.05) is 0 Å². The molecule has 0 radical (unpaired) electrons. The minimum atomic E-state index is -0.00366. The normalized spacial score (nSPS) is 20.1. The summed E-state index contributed by atoms with van der Waals surface area (Å²) in [6.07, 6.45) is 0.864. The van der Waals surface area contributed by atoms with Crippen LogP contribution in [0, 0.1) is 6.92 Å². The van der Waals surface area contributed by atoms with Crippen LogP contribution in [-0.2, 0) is 0 Å². The zero-order valence-corrected chi connectivity index (χ0v) is 9.31. The van der Waals surface area contributed by atoms with Crippen molar-refractivity contribution in [1.82, 2.24) is 4.90 Å². The van der Waals surface area contributed by atoms with Gasteiger partial charge in [0.25, 0.3) is 5.91 Å². The molecule has 2 rings (SSSR count). The highest BCUT2D eigenvalue weighted by atomic mass is 16.3. The lowest BCUT2D eigenvalue weighted by Gasteiger charge is -2.16. The third-order valence-electron chi connectivity index (χ3n) is 2.96. The van der Waals surface area contributed by atoms with E-state index in [0.717, 1.165) is 13.0 Å². The number of rotatable bonds is 1. The highest BCUT2D eigenvalue weighted by Gasteiger charge is 2.24. The van der Waals surface area contributed by atoms with Gasteiger partial charge >= 0.3 is 0 Å². The van der Waals surface area contributed by atoms with Crippen molar-refractivity contribution in [2.24, 2.45) is 5.73 Å². The fourth-order valence-electron chi connectivity index (χ4n) is 1.94. The van der Waals surface area contributed by atoms with Crippen LogP contribution in [0.4, 0.5) is 0 Å². The molecule has 1 fully saturated rings. The monoisotopic (exact) mass is 220 g/mol. The minimum absolute atomic E-state index is 0.00366. The Balaban J connectivity index is 2.18. The van der Waals surface area contributed by atoms with Crippen LogP contribution in [0.2, 0.25) is 0 Å². The molecule has 0 unspecified atom stereocenters. The van der Waals surface area contributed by atoms with Crippen molar-refractivity contribution in [2.45, 2.75) is 19.4 Å². The van der Waals surface area contributed by atoms with Crippen LogP contribution in [-0.4, -0.2) is 35.0 Å². The number of hydrogen-bond donors (Lipinski definition) is 2. The maximum absolute atomic E-state index is 12.0. The van der Waals surface area contributed by atoms with Gasteiger partial charge in [0.1, 0.15) is 5.75 Å². The SMILES string of the molecule is Cc1cc(C(=O)N2CC[C@H](N)C2)ccc1O. The molecule has 1 saturated heterocycles. The van der Waals surface area contributed by atoms with Gasteiger partial charge < -0.3 is 15.7 Å². The van der Waals surface area contributed by atoms with Gasteiger partial charge in [-0.05, 0) is 37.1 Å². The van der Waals surface area contributed by atoms with E-state index in [1.54, 1.807) is 30.0 Å². The van der Waals surface area contributed by atoms with E-state index in [1.165, 1.54) is 0 Å². The Morgan fingerprint density at radius 2 is 2.31 bits per heavy atom. The number of phenols is 1. The van der Waals surface area contributed by atoms with Gasteiger partial charge in [-0.25, -0.2) is 0 Å². The molecule has 4 nitrogen and oxygen atoms in total. The molecule has 0 saturated carbocycles. The van der Waals surface area contributed by atoms with Crippen molar-refractivity contribution in [3.8, 4) is 5.75 Å². The predicted octanol–water partition coefficient (Wildman–Crippen LogP) is 0.874. The fraction of sp³-hybridized carbons (Fsp3) is 0.417. The van der Waals surface area contributed by atoms with Gasteiger partial charge in [-0.15, -0.1) is 0 Å². The molecule has 1 aromatic rings. The maximum Gasteiger partial charge on any atom is 0.253 e. The zero-order valence-electron chi connectivity index (χ0n) is 9.31. The Kier molecular flexibility index (Phi) is 2.83. The van der Waals surface area contributed by atoms with Crippen molar-refractivity contribution in [3.63, 3.8) is 0 Å². The van der Waals surface area contributed by atoms with Gasteiger partial charge in [0.15, 0.2) is 0 Å². The molecule has 1 aliphatic heterocycles.